The van der Waals surface area contributed by atoms with Crippen LogP contribution in [0, 0.1) is 6.92 Å². The predicted octanol–water partition coefficient (Wildman–Crippen LogP) is 4.76. The Labute approximate surface area is 160 Å². The number of halogens is 5. The highest BCUT2D eigenvalue weighted by Gasteiger charge is 2.61. The molecule has 0 saturated heterocycles. The van der Waals surface area contributed by atoms with Crippen LogP contribution in [-0.2, 0) is 22.1 Å². The van der Waals surface area contributed by atoms with E-state index in [-0.39, 0.29) is 39.8 Å². The molecule has 28 heavy (non-hydrogen) atoms. The molecule has 0 bridgehead atoms. The van der Waals surface area contributed by atoms with Gasteiger partial charge in [-0.15, -0.1) is 11.3 Å². The number of benzene rings is 1. The zero-order valence-electron chi connectivity index (χ0n) is 14.5. The van der Waals surface area contributed by atoms with Crippen LogP contribution in [0.5, 0.6) is 5.88 Å². The van der Waals surface area contributed by atoms with E-state index < -0.39 is 23.1 Å². The molecule has 1 N–H and O–H groups in total. The van der Waals surface area contributed by atoms with E-state index in [2.05, 4.69) is 4.98 Å². The molecular formula is C17H14F5NO4S. The van der Waals surface area contributed by atoms with Crippen LogP contribution in [0.15, 0.2) is 30.5 Å². The summed E-state index contributed by atoms with van der Waals surface area (Å²) >= 11 is 0.175. The van der Waals surface area contributed by atoms with E-state index in [1.54, 1.807) is 12.1 Å². The number of aryl methyl sites for hydroxylation is 1. The fourth-order valence-corrected chi connectivity index (χ4v) is 3.03. The number of nitrogens with zero attached hydrogens (tertiary/aromatic N) is 1. The monoisotopic (exact) mass is 423 g/mol. The van der Waals surface area contributed by atoms with E-state index in [0.717, 1.165) is 6.26 Å². The molecule has 1 aromatic carbocycles. The van der Waals surface area contributed by atoms with E-state index in [4.69, 9.17) is 9.47 Å². The van der Waals surface area contributed by atoms with Gasteiger partial charge in [0.15, 0.2) is 5.01 Å². The van der Waals surface area contributed by atoms with Crippen LogP contribution in [0.1, 0.15) is 21.0 Å². The van der Waals surface area contributed by atoms with Gasteiger partial charge in [-0.2, -0.15) is 26.9 Å². The third-order valence-electron chi connectivity index (χ3n) is 3.52. The summed E-state index contributed by atoms with van der Waals surface area (Å²) < 4.78 is 74.4. The molecule has 0 fully saturated rings. The van der Waals surface area contributed by atoms with Gasteiger partial charge >= 0.3 is 18.1 Å². The molecule has 152 valence electrons. The molecule has 2 rings (SSSR count). The van der Waals surface area contributed by atoms with Gasteiger partial charge in [0.2, 0.25) is 5.88 Å². The molecule has 0 unspecified atom stereocenters. The first-order valence-corrected chi connectivity index (χ1v) is 8.40. The number of aromatic nitrogens is 1. The Kier molecular flexibility index (Phi) is 6.27. The van der Waals surface area contributed by atoms with Crippen LogP contribution in [0.4, 0.5) is 22.0 Å². The molecule has 0 aliphatic heterocycles. The van der Waals surface area contributed by atoms with Crippen LogP contribution in [0.2, 0.25) is 0 Å². The first-order valence-electron chi connectivity index (χ1n) is 7.58. The molecule has 0 radical (unpaired) electrons. The molecule has 0 amide bonds. The Morgan fingerprint density at radius 2 is 1.89 bits per heavy atom. The standard InChI is InChI=1S/C17H14F5NO4S/c1-9-13(23-15(28-9)16(18,19)17(20,21)22)27-7-10-5-3-4-6-11(10)12(8-26-2)14(24)25/h3-6,8H,7H2,1-2H3,(H,24,25). The quantitative estimate of drug-likeness (QED) is 0.395. The first-order chi connectivity index (χ1) is 13.0. The maximum atomic E-state index is 13.4. The number of hydrogen-bond donors (Lipinski definition) is 1. The predicted molar refractivity (Wildman–Crippen MR) is 90.2 cm³/mol. The van der Waals surface area contributed by atoms with E-state index in [9.17, 15) is 31.9 Å². The number of hydrogen-bond acceptors (Lipinski definition) is 5. The molecule has 0 atom stereocenters. The Morgan fingerprint density at radius 3 is 2.46 bits per heavy atom. The molecule has 2 aromatic rings. The lowest BCUT2D eigenvalue weighted by atomic mass is 10.0. The summed E-state index contributed by atoms with van der Waals surface area (Å²) in [6.45, 7) is 0.995. The lowest BCUT2D eigenvalue weighted by molar-refractivity contribution is -0.289. The van der Waals surface area contributed by atoms with Crippen molar-refractivity contribution in [1.82, 2.24) is 4.98 Å². The summed E-state index contributed by atoms with van der Waals surface area (Å²) in [5.74, 6) is -6.75. The number of carboxylic acids is 1. The molecular weight excluding hydrogens is 409 g/mol. The summed E-state index contributed by atoms with van der Waals surface area (Å²) in [5.41, 5.74) is 0.413. The molecule has 0 saturated carbocycles. The van der Waals surface area contributed by atoms with Crippen molar-refractivity contribution in [3.05, 3.63) is 51.5 Å². The number of thiazole rings is 1. The average molecular weight is 423 g/mol. The van der Waals surface area contributed by atoms with Crippen LogP contribution in [-0.4, -0.2) is 29.3 Å². The van der Waals surface area contributed by atoms with Gasteiger partial charge < -0.3 is 14.6 Å². The third kappa shape index (κ3) is 4.41. The Hall–Kier alpha value is -2.69. The van der Waals surface area contributed by atoms with Crippen LogP contribution >= 0.6 is 11.3 Å². The van der Waals surface area contributed by atoms with E-state index >= 15 is 0 Å². The second kappa shape index (κ2) is 8.13. The smallest absolute Gasteiger partial charge is 0.460 e. The van der Waals surface area contributed by atoms with Crippen LogP contribution in [0.25, 0.3) is 5.57 Å². The van der Waals surface area contributed by atoms with Gasteiger partial charge in [-0.1, -0.05) is 24.3 Å². The van der Waals surface area contributed by atoms with Crippen LogP contribution in [0.3, 0.4) is 0 Å². The minimum absolute atomic E-state index is 0.0299. The minimum Gasteiger partial charge on any atom is -0.503 e. The fourth-order valence-electron chi connectivity index (χ4n) is 2.17. The largest absolute Gasteiger partial charge is 0.503 e. The number of carbonyl (C=O) groups is 1. The zero-order valence-corrected chi connectivity index (χ0v) is 15.3. The summed E-state index contributed by atoms with van der Waals surface area (Å²) in [6, 6.07) is 6.16. The lowest BCUT2D eigenvalue weighted by Crippen LogP contribution is -2.33. The van der Waals surface area contributed by atoms with Crippen molar-refractivity contribution in [2.45, 2.75) is 25.6 Å². The molecule has 5 nitrogen and oxygen atoms in total. The second-order valence-corrected chi connectivity index (χ2v) is 6.67. The van der Waals surface area contributed by atoms with Crippen molar-refractivity contribution < 1.29 is 41.3 Å². The van der Waals surface area contributed by atoms with Gasteiger partial charge in [-0.3, -0.25) is 0 Å². The molecule has 11 heteroatoms. The van der Waals surface area contributed by atoms with Gasteiger partial charge in [0.25, 0.3) is 0 Å². The molecule has 0 spiro atoms. The van der Waals surface area contributed by atoms with E-state index in [1.807, 2.05) is 0 Å². The maximum absolute atomic E-state index is 13.4. The lowest BCUT2D eigenvalue weighted by Gasteiger charge is -2.16. The topological polar surface area (TPSA) is 68.7 Å². The molecule has 0 aliphatic rings. The minimum atomic E-state index is -5.78. The Balaban J connectivity index is 2.30. The van der Waals surface area contributed by atoms with Crippen molar-refractivity contribution >= 4 is 22.9 Å². The van der Waals surface area contributed by atoms with Crippen molar-refractivity contribution in [2.75, 3.05) is 7.11 Å². The van der Waals surface area contributed by atoms with Crippen molar-refractivity contribution in [3.63, 3.8) is 0 Å². The second-order valence-electron chi connectivity index (χ2n) is 5.47. The van der Waals surface area contributed by atoms with Crippen molar-refractivity contribution in [1.29, 1.82) is 0 Å². The maximum Gasteiger partial charge on any atom is 0.460 e. The van der Waals surface area contributed by atoms with Gasteiger partial charge in [0.1, 0.15) is 12.2 Å². The highest BCUT2D eigenvalue weighted by atomic mass is 32.1. The summed E-state index contributed by atoms with van der Waals surface area (Å²) in [4.78, 5) is 14.7. The molecule has 1 aromatic heterocycles. The van der Waals surface area contributed by atoms with E-state index in [0.29, 0.717) is 5.56 Å². The van der Waals surface area contributed by atoms with Gasteiger partial charge in [0.05, 0.1) is 18.2 Å². The fraction of sp³-hybridized carbons (Fsp3) is 0.294. The van der Waals surface area contributed by atoms with Crippen LogP contribution < -0.4 is 4.74 Å². The normalized spacial score (nSPS) is 12.8. The summed E-state index contributed by atoms with van der Waals surface area (Å²) in [7, 11) is 1.27. The highest BCUT2D eigenvalue weighted by molar-refractivity contribution is 7.12. The number of ether oxygens (including phenoxy) is 2. The zero-order chi connectivity index (χ0) is 21.1. The number of rotatable bonds is 7. The molecule has 0 aliphatic carbocycles. The van der Waals surface area contributed by atoms with Crippen molar-refractivity contribution in [2.24, 2.45) is 0 Å². The summed E-state index contributed by atoms with van der Waals surface area (Å²) in [6.07, 6.45) is -4.76. The van der Waals surface area contributed by atoms with Gasteiger partial charge in [-0.05, 0) is 18.1 Å². The molecule has 1 heterocycles. The highest BCUT2D eigenvalue weighted by Crippen LogP contribution is 2.46. The first kappa shape index (κ1) is 21.6. The summed E-state index contributed by atoms with van der Waals surface area (Å²) in [5, 5.41) is 7.87. The SMILES string of the molecule is COC=C(C(=O)O)c1ccccc1COc1nc(C(F)(F)C(F)(F)F)sc1C. The third-order valence-corrected chi connectivity index (χ3v) is 4.54. The number of methoxy groups -OCH3 is 1. The Bertz CT molecular complexity index is 892. The Morgan fingerprint density at radius 1 is 1.25 bits per heavy atom. The number of carboxylic acid groups (broad SMARTS) is 1. The number of aliphatic carboxylic acids is 1. The van der Waals surface area contributed by atoms with Crippen molar-refractivity contribution in [3.8, 4) is 5.88 Å². The van der Waals surface area contributed by atoms with Gasteiger partial charge in [-0.25, -0.2) is 4.79 Å². The average Bonchev–Trinajstić information content (AvgIpc) is 2.98. The number of alkyl halides is 5. The van der Waals surface area contributed by atoms with E-state index in [1.165, 1.54) is 26.2 Å². The van der Waals surface area contributed by atoms with Gasteiger partial charge in [0, 0.05) is 0 Å².